The Hall–Kier alpha value is -1.85. The van der Waals surface area contributed by atoms with Crippen molar-refractivity contribution in [1.82, 2.24) is 4.90 Å². The number of hydrogen-bond donors (Lipinski definition) is 1. The molecule has 31 heavy (non-hydrogen) atoms. The number of hydrogen-bond acceptors (Lipinski definition) is 3. The summed E-state index contributed by atoms with van der Waals surface area (Å²) in [5.74, 6) is -0.931. The summed E-state index contributed by atoms with van der Waals surface area (Å²) < 4.78 is 5.94. The molecule has 0 amide bonds. The van der Waals surface area contributed by atoms with Crippen LogP contribution in [0.1, 0.15) is 35.1 Å². The van der Waals surface area contributed by atoms with E-state index in [-0.39, 0.29) is 18.3 Å². The van der Waals surface area contributed by atoms with Gasteiger partial charge in [0.2, 0.25) is 0 Å². The Morgan fingerprint density at radius 1 is 1.16 bits per heavy atom. The molecular formula is C25H29Cl2NO3. The van der Waals surface area contributed by atoms with Crippen LogP contribution >= 0.6 is 24.0 Å². The molecule has 0 radical (unpaired) electrons. The van der Waals surface area contributed by atoms with Gasteiger partial charge in [-0.05, 0) is 72.2 Å². The molecule has 1 heterocycles. The molecule has 6 heteroatoms. The summed E-state index contributed by atoms with van der Waals surface area (Å²) in [5, 5.41) is 9.99. The van der Waals surface area contributed by atoms with E-state index in [1.165, 1.54) is 27.8 Å². The maximum Gasteiger partial charge on any atom is 0.307 e. The number of fused-ring (bicyclic) bond motifs is 2. The molecule has 1 fully saturated rings. The normalized spacial score (nSPS) is 19.8. The van der Waals surface area contributed by atoms with Crippen molar-refractivity contribution in [3.8, 4) is 0 Å². The molecule has 2 aliphatic rings. The van der Waals surface area contributed by atoms with E-state index in [2.05, 4.69) is 47.4 Å². The number of carbonyl (C=O) groups is 1. The van der Waals surface area contributed by atoms with Gasteiger partial charge in [0.25, 0.3) is 0 Å². The first-order valence-corrected chi connectivity index (χ1v) is 11.1. The van der Waals surface area contributed by atoms with Crippen LogP contribution in [0.5, 0.6) is 0 Å². The third-order valence-corrected chi connectivity index (χ3v) is 6.38. The van der Waals surface area contributed by atoms with Gasteiger partial charge in [-0.1, -0.05) is 48.0 Å². The fourth-order valence-corrected chi connectivity index (χ4v) is 4.70. The highest BCUT2D eigenvalue weighted by molar-refractivity contribution is 6.30. The number of halogens is 2. The van der Waals surface area contributed by atoms with Crippen LogP contribution in [0.25, 0.3) is 5.57 Å². The quantitative estimate of drug-likeness (QED) is 0.607. The van der Waals surface area contributed by atoms with E-state index in [4.69, 9.17) is 16.3 Å². The monoisotopic (exact) mass is 461 g/mol. The Kier molecular flexibility index (Phi) is 8.56. The first-order valence-electron chi connectivity index (χ1n) is 10.7. The number of likely N-dealkylation sites (tertiary alicyclic amines) is 1. The number of benzene rings is 2. The summed E-state index contributed by atoms with van der Waals surface area (Å²) in [6.45, 7) is 3.46. The van der Waals surface area contributed by atoms with Crippen molar-refractivity contribution < 1.29 is 14.6 Å². The van der Waals surface area contributed by atoms with E-state index in [9.17, 15) is 9.90 Å². The molecule has 1 aliphatic heterocycles. The highest BCUT2D eigenvalue weighted by atomic mass is 35.5. The summed E-state index contributed by atoms with van der Waals surface area (Å²) in [7, 11) is 0. The predicted octanol–water partition coefficient (Wildman–Crippen LogP) is 5.11. The minimum Gasteiger partial charge on any atom is -0.481 e. The number of aryl methyl sites for hydroxylation is 2. The second-order valence-corrected chi connectivity index (χ2v) is 8.57. The number of piperidine rings is 1. The number of nitrogens with zero attached hydrogens (tertiary/aromatic N) is 1. The fourth-order valence-electron chi connectivity index (χ4n) is 4.53. The minimum absolute atomic E-state index is 0. The molecule has 2 aromatic carbocycles. The second kappa shape index (κ2) is 11.1. The van der Waals surface area contributed by atoms with Crippen LogP contribution in [0.4, 0.5) is 0 Å². The summed E-state index contributed by atoms with van der Waals surface area (Å²) in [6.07, 6.45) is 5.90. The zero-order chi connectivity index (χ0) is 20.9. The summed E-state index contributed by atoms with van der Waals surface area (Å²) in [5.41, 5.74) is 6.29. The maximum absolute atomic E-state index is 11.2. The first-order chi connectivity index (χ1) is 14.6. The molecule has 1 N–H and O–H groups in total. The van der Waals surface area contributed by atoms with Crippen molar-refractivity contribution in [3.05, 3.63) is 75.8 Å². The van der Waals surface area contributed by atoms with Crippen LogP contribution in [-0.4, -0.2) is 48.8 Å². The van der Waals surface area contributed by atoms with Crippen LogP contribution in [0, 0.1) is 5.92 Å². The largest absolute Gasteiger partial charge is 0.481 e. The number of ether oxygens (including phenoxy) is 1. The number of aliphatic carboxylic acids is 1. The highest BCUT2D eigenvalue weighted by Crippen LogP contribution is 2.34. The van der Waals surface area contributed by atoms with E-state index in [0.717, 1.165) is 43.8 Å². The van der Waals surface area contributed by atoms with Crippen molar-refractivity contribution in [2.75, 3.05) is 32.8 Å². The van der Waals surface area contributed by atoms with E-state index in [0.29, 0.717) is 19.8 Å². The molecule has 0 aromatic heterocycles. The average molecular weight is 462 g/mol. The molecule has 0 unspecified atom stereocenters. The Bertz CT molecular complexity index is 944. The topological polar surface area (TPSA) is 49.8 Å². The smallest absolute Gasteiger partial charge is 0.307 e. The molecule has 0 spiro atoms. The van der Waals surface area contributed by atoms with Crippen LogP contribution in [-0.2, 0) is 22.4 Å². The first kappa shape index (κ1) is 23.8. The number of carboxylic acid groups (broad SMARTS) is 1. The molecule has 1 atom stereocenters. The predicted molar refractivity (Wildman–Crippen MR) is 127 cm³/mol. The Morgan fingerprint density at radius 2 is 1.94 bits per heavy atom. The molecule has 4 rings (SSSR count). The van der Waals surface area contributed by atoms with Gasteiger partial charge in [0, 0.05) is 18.1 Å². The van der Waals surface area contributed by atoms with Crippen molar-refractivity contribution >= 4 is 35.6 Å². The Morgan fingerprint density at radius 3 is 2.74 bits per heavy atom. The summed E-state index contributed by atoms with van der Waals surface area (Å²) in [6, 6.07) is 14.7. The lowest BCUT2D eigenvalue weighted by molar-refractivity contribution is -0.143. The summed E-state index contributed by atoms with van der Waals surface area (Å²) in [4.78, 5) is 13.4. The number of carboxylic acids is 1. The molecule has 2 aromatic rings. The lowest BCUT2D eigenvalue weighted by Gasteiger charge is -2.30. The fraction of sp³-hybridized carbons (Fsp3) is 0.400. The average Bonchev–Trinajstić information content (AvgIpc) is 2.90. The second-order valence-electron chi connectivity index (χ2n) is 8.13. The standard InChI is InChI=1S/C25H28ClNO3.ClH/c26-21-10-9-19-8-7-18-4-1-2-6-22(18)23(24(19)16-21)11-14-30-15-13-27-12-3-5-20(17-27)25(28)29;/h1-2,4,6,9-11,16,20H,3,5,7-8,12-15,17H2,(H,28,29);1H/b23-11-;/t20-;/m1./s1. The van der Waals surface area contributed by atoms with Gasteiger partial charge >= 0.3 is 5.97 Å². The SMILES string of the molecule is Cl.O=C(O)[C@@H]1CCCN(CCOC/C=C2/c3ccccc3CCc3ccc(Cl)cc32)C1. The highest BCUT2D eigenvalue weighted by Gasteiger charge is 2.25. The molecule has 0 bridgehead atoms. The molecule has 4 nitrogen and oxygen atoms in total. The van der Waals surface area contributed by atoms with Crippen LogP contribution in [0.15, 0.2) is 48.5 Å². The lowest BCUT2D eigenvalue weighted by atomic mass is 9.94. The van der Waals surface area contributed by atoms with Crippen LogP contribution < -0.4 is 0 Å². The van der Waals surface area contributed by atoms with E-state index >= 15 is 0 Å². The van der Waals surface area contributed by atoms with Gasteiger partial charge in [0.1, 0.15) is 0 Å². The molecule has 166 valence electrons. The van der Waals surface area contributed by atoms with E-state index in [1.54, 1.807) is 0 Å². The summed E-state index contributed by atoms with van der Waals surface area (Å²) >= 11 is 6.32. The van der Waals surface area contributed by atoms with Gasteiger partial charge in [-0.25, -0.2) is 0 Å². The van der Waals surface area contributed by atoms with Gasteiger partial charge in [-0.3, -0.25) is 4.79 Å². The molecule has 1 saturated heterocycles. The van der Waals surface area contributed by atoms with Gasteiger partial charge in [0.15, 0.2) is 0 Å². The zero-order valence-electron chi connectivity index (χ0n) is 17.6. The van der Waals surface area contributed by atoms with Crippen molar-refractivity contribution in [1.29, 1.82) is 0 Å². The minimum atomic E-state index is -0.685. The molecular weight excluding hydrogens is 433 g/mol. The molecule has 1 aliphatic carbocycles. The van der Waals surface area contributed by atoms with Gasteiger partial charge in [-0.2, -0.15) is 0 Å². The number of rotatable bonds is 6. The molecule has 0 saturated carbocycles. The Labute approximate surface area is 195 Å². The van der Waals surface area contributed by atoms with E-state index in [1.807, 2.05) is 6.07 Å². The zero-order valence-corrected chi connectivity index (χ0v) is 19.1. The van der Waals surface area contributed by atoms with Crippen LogP contribution in [0.2, 0.25) is 5.02 Å². The third-order valence-electron chi connectivity index (χ3n) is 6.15. The van der Waals surface area contributed by atoms with Gasteiger partial charge < -0.3 is 14.7 Å². The van der Waals surface area contributed by atoms with Gasteiger partial charge in [0.05, 0.1) is 19.1 Å². The Balaban J connectivity index is 0.00000272. The van der Waals surface area contributed by atoms with Crippen molar-refractivity contribution in [3.63, 3.8) is 0 Å². The van der Waals surface area contributed by atoms with E-state index < -0.39 is 5.97 Å². The van der Waals surface area contributed by atoms with Crippen molar-refractivity contribution in [2.24, 2.45) is 5.92 Å². The van der Waals surface area contributed by atoms with Crippen LogP contribution in [0.3, 0.4) is 0 Å². The maximum atomic E-state index is 11.2. The lowest BCUT2D eigenvalue weighted by Crippen LogP contribution is -2.40. The van der Waals surface area contributed by atoms with Gasteiger partial charge in [-0.15, -0.1) is 12.4 Å². The van der Waals surface area contributed by atoms with Crippen molar-refractivity contribution in [2.45, 2.75) is 25.7 Å². The third kappa shape index (κ3) is 5.89.